The Balaban J connectivity index is 1.26. The highest BCUT2D eigenvalue weighted by atomic mass is 16.5. The van der Waals surface area contributed by atoms with Crippen molar-refractivity contribution in [3.05, 3.63) is 30.1 Å². The summed E-state index contributed by atoms with van der Waals surface area (Å²) in [6.45, 7) is 8.43. The molecule has 4 rings (SSSR count). The minimum absolute atomic E-state index is 0.243. The maximum Gasteiger partial charge on any atom is 0.222 e. The molecule has 3 aliphatic heterocycles. The maximum atomic E-state index is 12.8. The summed E-state index contributed by atoms with van der Waals surface area (Å²) in [6.07, 6.45) is 9.25. The molecule has 0 aromatic carbocycles. The first kappa shape index (κ1) is 20.8. The Morgan fingerprint density at radius 2 is 1.93 bits per heavy atom. The van der Waals surface area contributed by atoms with E-state index in [9.17, 15) is 4.79 Å². The number of carbonyl (C=O) groups excluding carboxylic acids is 1. The summed E-state index contributed by atoms with van der Waals surface area (Å²) in [5.74, 6) is 0.955. The standard InChI is InChI=1S/C23H36N4O2/c1-3-25-11-6-18(7-12-25)15-22(28)26-13-8-20(9-14-26)27-17-21(29-2)23(27)19-5-4-10-24-16-19/h4-5,10,16,18,20-21,23H,3,6-9,11-15,17H2,1-2H3/t21-,23-/m0/s1. The number of hydrogen-bond acceptors (Lipinski definition) is 5. The summed E-state index contributed by atoms with van der Waals surface area (Å²) in [5.41, 5.74) is 1.24. The van der Waals surface area contributed by atoms with Crippen molar-refractivity contribution in [1.82, 2.24) is 19.7 Å². The van der Waals surface area contributed by atoms with Gasteiger partial charge in [0.2, 0.25) is 5.91 Å². The summed E-state index contributed by atoms with van der Waals surface area (Å²) < 4.78 is 5.70. The molecule has 2 atom stereocenters. The maximum absolute atomic E-state index is 12.8. The van der Waals surface area contributed by atoms with Gasteiger partial charge in [0.05, 0.1) is 12.1 Å². The topological polar surface area (TPSA) is 48.9 Å². The Morgan fingerprint density at radius 3 is 2.55 bits per heavy atom. The zero-order valence-electron chi connectivity index (χ0n) is 18.0. The predicted octanol–water partition coefficient (Wildman–Crippen LogP) is 2.57. The van der Waals surface area contributed by atoms with E-state index in [2.05, 4.69) is 32.7 Å². The molecule has 6 nitrogen and oxygen atoms in total. The van der Waals surface area contributed by atoms with Crippen molar-refractivity contribution in [1.29, 1.82) is 0 Å². The summed E-state index contributed by atoms with van der Waals surface area (Å²) >= 11 is 0. The number of ether oxygens (including phenoxy) is 1. The number of methoxy groups -OCH3 is 1. The zero-order valence-corrected chi connectivity index (χ0v) is 18.0. The zero-order chi connectivity index (χ0) is 20.2. The van der Waals surface area contributed by atoms with Gasteiger partial charge in [-0.3, -0.25) is 14.7 Å². The highest BCUT2D eigenvalue weighted by Crippen LogP contribution is 2.39. The van der Waals surface area contributed by atoms with Crippen LogP contribution in [0.15, 0.2) is 24.5 Å². The lowest BCUT2D eigenvalue weighted by molar-refractivity contribution is -0.139. The van der Waals surface area contributed by atoms with Crippen molar-refractivity contribution in [2.45, 2.75) is 57.2 Å². The number of nitrogens with zero attached hydrogens (tertiary/aromatic N) is 4. The second-order valence-electron chi connectivity index (χ2n) is 8.90. The molecule has 3 aliphatic rings. The number of amides is 1. The molecule has 0 saturated carbocycles. The monoisotopic (exact) mass is 400 g/mol. The fourth-order valence-corrected chi connectivity index (χ4v) is 5.36. The van der Waals surface area contributed by atoms with E-state index in [0.717, 1.165) is 58.5 Å². The molecule has 0 unspecified atom stereocenters. The van der Waals surface area contributed by atoms with Crippen LogP contribution in [0.1, 0.15) is 50.6 Å². The van der Waals surface area contributed by atoms with Gasteiger partial charge in [-0.15, -0.1) is 0 Å². The molecule has 0 spiro atoms. The van der Waals surface area contributed by atoms with Crippen LogP contribution in [-0.2, 0) is 9.53 Å². The first-order valence-electron chi connectivity index (χ1n) is 11.4. The third kappa shape index (κ3) is 4.65. The normalized spacial score (nSPS) is 27.7. The van der Waals surface area contributed by atoms with Crippen LogP contribution in [-0.4, -0.2) is 84.1 Å². The van der Waals surface area contributed by atoms with Crippen LogP contribution >= 0.6 is 0 Å². The molecule has 1 aromatic heterocycles. The van der Waals surface area contributed by atoms with E-state index in [0.29, 0.717) is 23.9 Å². The number of carbonyl (C=O) groups is 1. The summed E-state index contributed by atoms with van der Waals surface area (Å²) in [4.78, 5) is 24.3. The third-order valence-corrected chi connectivity index (χ3v) is 7.33. The average Bonchev–Trinajstić information content (AvgIpc) is 2.75. The van der Waals surface area contributed by atoms with Crippen LogP contribution in [0.4, 0.5) is 0 Å². The van der Waals surface area contributed by atoms with Gasteiger partial charge in [0.1, 0.15) is 0 Å². The van der Waals surface area contributed by atoms with E-state index in [-0.39, 0.29) is 6.10 Å². The number of hydrogen-bond donors (Lipinski definition) is 0. The number of pyridine rings is 1. The molecule has 3 saturated heterocycles. The van der Waals surface area contributed by atoms with Gasteiger partial charge in [-0.05, 0) is 62.9 Å². The SMILES string of the molecule is CCN1CCC(CC(=O)N2CCC(N3C[C@H](OC)[C@@H]3c3cccnc3)CC2)CC1. The van der Waals surface area contributed by atoms with Gasteiger partial charge < -0.3 is 14.5 Å². The van der Waals surface area contributed by atoms with E-state index >= 15 is 0 Å². The first-order valence-corrected chi connectivity index (χ1v) is 11.4. The number of aromatic nitrogens is 1. The van der Waals surface area contributed by atoms with Gasteiger partial charge in [0.15, 0.2) is 0 Å². The number of rotatable bonds is 6. The van der Waals surface area contributed by atoms with E-state index in [1.54, 1.807) is 7.11 Å². The molecule has 29 heavy (non-hydrogen) atoms. The smallest absolute Gasteiger partial charge is 0.222 e. The second-order valence-corrected chi connectivity index (χ2v) is 8.90. The van der Waals surface area contributed by atoms with Crippen molar-refractivity contribution >= 4 is 5.91 Å². The van der Waals surface area contributed by atoms with Crippen LogP contribution in [0.2, 0.25) is 0 Å². The molecular formula is C23H36N4O2. The van der Waals surface area contributed by atoms with Crippen molar-refractivity contribution in [2.24, 2.45) is 5.92 Å². The molecule has 160 valence electrons. The Hall–Kier alpha value is -1.50. The van der Waals surface area contributed by atoms with Crippen LogP contribution in [0.25, 0.3) is 0 Å². The van der Waals surface area contributed by atoms with E-state index in [1.165, 1.54) is 18.4 Å². The van der Waals surface area contributed by atoms with Gasteiger partial charge in [0, 0.05) is 51.6 Å². The molecule has 1 aromatic rings. The highest BCUT2D eigenvalue weighted by Gasteiger charge is 2.44. The fourth-order valence-electron chi connectivity index (χ4n) is 5.36. The average molecular weight is 401 g/mol. The van der Waals surface area contributed by atoms with E-state index in [4.69, 9.17) is 4.74 Å². The number of piperidine rings is 2. The Labute approximate surface area is 175 Å². The van der Waals surface area contributed by atoms with Gasteiger partial charge in [0.25, 0.3) is 0 Å². The van der Waals surface area contributed by atoms with Crippen molar-refractivity contribution < 1.29 is 9.53 Å². The Bertz CT molecular complexity index is 654. The Morgan fingerprint density at radius 1 is 1.17 bits per heavy atom. The summed E-state index contributed by atoms with van der Waals surface area (Å²) in [6, 6.07) is 4.98. The highest BCUT2D eigenvalue weighted by molar-refractivity contribution is 5.76. The first-order chi connectivity index (χ1) is 14.2. The largest absolute Gasteiger partial charge is 0.378 e. The second kappa shape index (κ2) is 9.54. The molecule has 0 radical (unpaired) electrons. The molecular weight excluding hydrogens is 364 g/mol. The lowest BCUT2D eigenvalue weighted by Crippen LogP contribution is -2.60. The van der Waals surface area contributed by atoms with Crippen molar-refractivity contribution in [3.63, 3.8) is 0 Å². The van der Waals surface area contributed by atoms with Gasteiger partial charge >= 0.3 is 0 Å². The lowest BCUT2D eigenvalue weighted by atomic mass is 9.87. The molecule has 0 N–H and O–H groups in total. The molecule has 0 aliphatic carbocycles. The van der Waals surface area contributed by atoms with Gasteiger partial charge in [-0.25, -0.2) is 0 Å². The fraction of sp³-hybridized carbons (Fsp3) is 0.739. The van der Waals surface area contributed by atoms with Crippen LogP contribution < -0.4 is 0 Å². The van der Waals surface area contributed by atoms with Crippen molar-refractivity contribution in [2.75, 3.05) is 46.4 Å². The van der Waals surface area contributed by atoms with Crippen LogP contribution in [0.5, 0.6) is 0 Å². The molecule has 6 heteroatoms. The van der Waals surface area contributed by atoms with E-state index < -0.39 is 0 Å². The Kier molecular flexibility index (Phi) is 6.83. The van der Waals surface area contributed by atoms with Gasteiger partial charge in [-0.2, -0.15) is 0 Å². The predicted molar refractivity (Wildman–Crippen MR) is 114 cm³/mol. The molecule has 1 amide bonds. The minimum Gasteiger partial charge on any atom is -0.378 e. The van der Waals surface area contributed by atoms with E-state index in [1.807, 2.05) is 18.5 Å². The molecule has 4 heterocycles. The lowest BCUT2D eigenvalue weighted by Gasteiger charge is -2.53. The van der Waals surface area contributed by atoms with Crippen molar-refractivity contribution in [3.8, 4) is 0 Å². The van der Waals surface area contributed by atoms with Crippen LogP contribution in [0, 0.1) is 5.92 Å². The quantitative estimate of drug-likeness (QED) is 0.735. The summed E-state index contributed by atoms with van der Waals surface area (Å²) in [7, 11) is 1.80. The van der Waals surface area contributed by atoms with Crippen LogP contribution in [0.3, 0.4) is 0 Å². The summed E-state index contributed by atoms with van der Waals surface area (Å²) in [5, 5.41) is 0. The number of likely N-dealkylation sites (tertiary alicyclic amines) is 3. The minimum atomic E-state index is 0.243. The third-order valence-electron chi connectivity index (χ3n) is 7.33. The molecule has 3 fully saturated rings. The molecule has 0 bridgehead atoms. The van der Waals surface area contributed by atoms with Gasteiger partial charge in [-0.1, -0.05) is 13.0 Å².